The van der Waals surface area contributed by atoms with E-state index in [2.05, 4.69) is 15.2 Å². The van der Waals surface area contributed by atoms with Gasteiger partial charge in [-0.3, -0.25) is 24.3 Å². The predicted octanol–water partition coefficient (Wildman–Crippen LogP) is 1.25. The number of rotatable bonds is 5. The summed E-state index contributed by atoms with van der Waals surface area (Å²) in [4.78, 5) is 39.7. The van der Waals surface area contributed by atoms with Crippen molar-refractivity contribution >= 4 is 23.6 Å². The van der Waals surface area contributed by atoms with Gasteiger partial charge in [-0.2, -0.15) is 0 Å². The summed E-state index contributed by atoms with van der Waals surface area (Å²) in [5.41, 5.74) is 0.973. The molecule has 0 bridgehead atoms. The van der Waals surface area contributed by atoms with E-state index in [0.29, 0.717) is 40.7 Å². The van der Waals surface area contributed by atoms with Crippen LogP contribution in [0.25, 0.3) is 0 Å². The highest BCUT2D eigenvalue weighted by Gasteiger charge is 2.34. The molecule has 0 radical (unpaired) electrons. The Kier molecular flexibility index (Phi) is 4.24. The van der Waals surface area contributed by atoms with Crippen molar-refractivity contribution in [3.8, 4) is 0 Å². The molecule has 2 heterocycles. The maximum atomic E-state index is 12.2. The zero-order valence-electron chi connectivity index (χ0n) is 12.4. The van der Waals surface area contributed by atoms with Crippen LogP contribution in [0.1, 0.15) is 32.8 Å². The van der Waals surface area contributed by atoms with Gasteiger partial charge in [-0.15, -0.1) is 10.2 Å². The number of benzene rings is 1. The van der Waals surface area contributed by atoms with Crippen LogP contribution in [0.3, 0.4) is 0 Å². The molecule has 118 valence electrons. The summed E-state index contributed by atoms with van der Waals surface area (Å²) in [6.45, 7) is 1.92. The van der Waals surface area contributed by atoms with Gasteiger partial charge < -0.3 is 0 Å². The first-order chi connectivity index (χ1) is 11.1. The number of amides is 2. The van der Waals surface area contributed by atoms with Crippen LogP contribution in [0, 0.1) is 6.92 Å². The van der Waals surface area contributed by atoms with E-state index in [9.17, 15) is 14.4 Å². The van der Waals surface area contributed by atoms with Gasteiger partial charge in [-0.25, -0.2) is 0 Å². The van der Waals surface area contributed by atoms with Gasteiger partial charge in [0.15, 0.2) is 5.16 Å². The second-order valence-electron chi connectivity index (χ2n) is 5.05. The molecule has 2 aromatic rings. The van der Waals surface area contributed by atoms with E-state index < -0.39 is 0 Å². The smallest absolute Gasteiger partial charge is 0.273 e. The number of nitrogens with one attached hydrogen (secondary N) is 1. The number of imide groups is 1. The first kappa shape index (κ1) is 15.4. The number of carbonyl (C=O) groups excluding carboxylic acids is 2. The largest absolute Gasteiger partial charge is 0.298 e. The number of hydrogen-bond acceptors (Lipinski definition) is 6. The average Bonchev–Trinajstić information content (AvgIpc) is 2.80. The van der Waals surface area contributed by atoms with Gasteiger partial charge in [0.2, 0.25) is 0 Å². The van der Waals surface area contributed by atoms with Crippen LogP contribution in [-0.2, 0) is 0 Å². The summed E-state index contributed by atoms with van der Waals surface area (Å²) in [6, 6.07) is 6.82. The Labute approximate surface area is 136 Å². The Morgan fingerprint density at radius 3 is 2.35 bits per heavy atom. The van der Waals surface area contributed by atoms with Gasteiger partial charge in [-0.05, 0) is 25.5 Å². The minimum absolute atomic E-state index is 0.251. The van der Waals surface area contributed by atoms with Crippen LogP contribution in [0.15, 0.2) is 34.2 Å². The molecule has 0 aliphatic carbocycles. The minimum atomic E-state index is -0.261. The molecule has 0 saturated carbocycles. The zero-order chi connectivity index (χ0) is 16.4. The van der Waals surface area contributed by atoms with Crippen molar-refractivity contribution in [1.29, 1.82) is 0 Å². The molecule has 7 nitrogen and oxygen atoms in total. The van der Waals surface area contributed by atoms with E-state index in [1.807, 2.05) is 0 Å². The number of aromatic amines is 1. The van der Waals surface area contributed by atoms with Crippen LogP contribution in [0.4, 0.5) is 0 Å². The zero-order valence-corrected chi connectivity index (χ0v) is 13.2. The molecule has 1 aliphatic rings. The van der Waals surface area contributed by atoms with Crippen molar-refractivity contribution in [3.63, 3.8) is 0 Å². The average molecular weight is 330 g/mol. The van der Waals surface area contributed by atoms with Gasteiger partial charge in [0.1, 0.15) is 5.69 Å². The quantitative estimate of drug-likeness (QED) is 0.503. The van der Waals surface area contributed by atoms with Crippen LogP contribution in [0.2, 0.25) is 0 Å². The Morgan fingerprint density at radius 1 is 1.09 bits per heavy atom. The maximum Gasteiger partial charge on any atom is 0.273 e. The number of thioether (sulfide) groups is 1. The standard InChI is InChI=1S/C15H14N4O3S/c1-9-12(20)16-15(18-17-9)23-8-4-7-19-13(21)10-5-2-3-6-11(10)14(19)22/h2-3,5-6H,4,7-8H2,1H3,(H,16,18,20). The Morgan fingerprint density at radius 2 is 1.74 bits per heavy atom. The van der Waals surface area contributed by atoms with Crippen molar-refractivity contribution in [3.05, 3.63) is 51.4 Å². The van der Waals surface area contributed by atoms with Gasteiger partial charge in [0, 0.05) is 12.3 Å². The number of H-pyrrole nitrogens is 1. The third-order valence-electron chi connectivity index (χ3n) is 3.48. The van der Waals surface area contributed by atoms with Gasteiger partial charge in [0.05, 0.1) is 11.1 Å². The second-order valence-corrected chi connectivity index (χ2v) is 6.14. The van der Waals surface area contributed by atoms with Crippen molar-refractivity contribution in [2.75, 3.05) is 12.3 Å². The molecule has 8 heteroatoms. The fourth-order valence-electron chi connectivity index (χ4n) is 2.28. The molecule has 0 saturated heterocycles. The first-order valence-electron chi connectivity index (χ1n) is 7.09. The molecule has 0 atom stereocenters. The van der Waals surface area contributed by atoms with Crippen LogP contribution in [-0.4, -0.2) is 44.2 Å². The number of aryl methyl sites for hydroxylation is 1. The monoisotopic (exact) mass is 330 g/mol. The molecule has 0 fully saturated rings. The van der Waals surface area contributed by atoms with Gasteiger partial charge in [-0.1, -0.05) is 23.9 Å². The molecule has 1 N–H and O–H groups in total. The lowest BCUT2D eigenvalue weighted by atomic mass is 10.1. The SMILES string of the molecule is Cc1nnc(SCCCN2C(=O)c3ccccc3C2=O)[nH]c1=O. The lowest BCUT2D eigenvalue weighted by molar-refractivity contribution is 0.0655. The summed E-state index contributed by atoms with van der Waals surface area (Å²) in [5, 5.41) is 8.07. The summed E-state index contributed by atoms with van der Waals surface area (Å²) >= 11 is 1.33. The lowest BCUT2D eigenvalue weighted by Crippen LogP contribution is -2.31. The number of nitrogens with zero attached hydrogens (tertiary/aromatic N) is 3. The second kappa shape index (κ2) is 6.33. The van der Waals surface area contributed by atoms with E-state index in [1.165, 1.54) is 16.7 Å². The molecule has 1 aromatic carbocycles. The summed E-state index contributed by atoms with van der Waals surface area (Å²) in [7, 11) is 0. The molecule has 23 heavy (non-hydrogen) atoms. The summed E-state index contributed by atoms with van der Waals surface area (Å²) in [6.07, 6.45) is 0.605. The lowest BCUT2D eigenvalue weighted by Gasteiger charge is -2.13. The van der Waals surface area contributed by atoms with Gasteiger partial charge >= 0.3 is 0 Å². The number of carbonyl (C=O) groups is 2. The van der Waals surface area contributed by atoms with Gasteiger partial charge in [0.25, 0.3) is 17.4 Å². The van der Waals surface area contributed by atoms with E-state index in [4.69, 9.17) is 0 Å². The number of hydrogen-bond donors (Lipinski definition) is 1. The first-order valence-corrected chi connectivity index (χ1v) is 8.08. The fourth-order valence-corrected chi connectivity index (χ4v) is 3.01. The Hall–Kier alpha value is -2.48. The molecule has 3 rings (SSSR count). The Balaban J connectivity index is 1.56. The van der Waals surface area contributed by atoms with E-state index in [1.54, 1.807) is 31.2 Å². The Bertz CT molecular complexity index is 798. The summed E-state index contributed by atoms with van der Waals surface area (Å²) in [5.74, 6) is 0.111. The minimum Gasteiger partial charge on any atom is -0.298 e. The maximum absolute atomic E-state index is 12.2. The van der Waals surface area contributed by atoms with Crippen LogP contribution in [0.5, 0.6) is 0 Å². The molecule has 2 amide bonds. The van der Waals surface area contributed by atoms with E-state index in [0.717, 1.165) is 0 Å². The van der Waals surface area contributed by atoms with E-state index >= 15 is 0 Å². The third kappa shape index (κ3) is 3.02. The summed E-state index contributed by atoms with van der Waals surface area (Å²) < 4.78 is 0. The normalized spacial score (nSPS) is 13.5. The molecular weight excluding hydrogens is 316 g/mol. The highest BCUT2D eigenvalue weighted by atomic mass is 32.2. The molecule has 1 aromatic heterocycles. The predicted molar refractivity (Wildman–Crippen MR) is 84.5 cm³/mol. The number of aromatic nitrogens is 3. The topological polar surface area (TPSA) is 96.0 Å². The van der Waals surface area contributed by atoms with Crippen LogP contribution < -0.4 is 5.56 Å². The van der Waals surface area contributed by atoms with Crippen molar-refractivity contribution < 1.29 is 9.59 Å². The highest BCUT2D eigenvalue weighted by molar-refractivity contribution is 7.99. The highest BCUT2D eigenvalue weighted by Crippen LogP contribution is 2.23. The van der Waals surface area contributed by atoms with E-state index in [-0.39, 0.29) is 17.4 Å². The number of fused-ring (bicyclic) bond motifs is 1. The van der Waals surface area contributed by atoms with Crippen molar-refractivity contribution in [1.82, 2.24) is 20.1 Å². The molecule has 0 unspecified atom stereocenters. The fraction of sp³-hybridized carbons (Fsp3) is 0.267. The molecule has 1 aliphatic heterocycles. The molecule has 0 spiro atoms. The van der Waals surface area contributed by atoms with Crippen molar-refractivity contribution in [2.45, 2.75) is 18.5 Å². The third-order valence-corrected chi connectivity index (χ3v) is 4.43. The molecular formula is C15H14N4O3S. The van der Waals surface area contributed by atoms with Crippen LogP contribution >= 0.6 is 11.8 Å². The van der Waals surface area contributed by atoms with Crippen molar-refractivity contribution in [2.24, 2.45) is 0 Å².